The summed E-state index contributed by atoms with van der Waals surface area (Å²) in [6.07, 6.45) is 4.66. The van der Waals surface area contributed by atoms with E-state index in [4.69, 9.17) is 0 Å². The van der Waals surface area contributed by atoms with Gasteiger partial charge in [0.25, 0.3) is 10.0 Å². The van der Waals surface area contributed by atoms with Crippen LogP contribution in [0.15, 0.2) is 28.6 Å². The number of hydrogen-bond acceptors (Lipinski definition) is 4. The van der Waals surface area contributed by atoms with Crippen LogP contribution < -0.4 is 0 Å². The van der Waals surface area contributed by atoms with Crippen molar-refractivity contribution in [3.8, 4) is 0 Å². The number of piperidine rings is 1. The number of rotatable bonds is 4. The van der Waals surface area contributed by atoms with Crippen molar-refractivity contribution in [3.05, 3.63) is 35.0 Å². The van der Waals surface area contributed by atoms with Gasteiger partial charge in [-0.05, 0) is 37.5 Å². The second-order valence-electron chi connectivity index (χ2n) is 5.69. The molecule has 120 valence electrons. The molecule has 0 N–H and O–H groups in total. The first-order chi connectivity index (χ1) is 10.5. The first-order valence-electron chi connectivity index (χ1n) is 7.59. The SMILES string of the molecule is CCc1ccc(S(=O)(=O)N2CCCC(c3ccn(C)n3)C2)s1. The minimum absolute atomic E-state index is 0.190. The van der Waals surface area contributed by atoms with E-state index in [-0.39, 0.29) is 5.92 Å². The van der Waals surface area contributed by atoms with E-state index < -0.39 is 10.0 Å². The number of thiophene rings is 1. The summed E-state index contributed by atoms with van der Waals surface area (Å²) in [7, 11) is -1.48. The minimum Gasteiger partial charge on any atom is -0.276 e. The van der Waals surface area contributed by atoms with Crippen molar-refractivity contribution in [2.45, 2.75) is 36.3 Å². The summed E-state index contributed by atoms with van der Waals surface area (Å²) in [4.78, 5) is 1.11. The normalized spacial score (nSPS) is 20.4. The topological polar surface area (TPSA) is 55.2 Å². The average Bonchev–Trinajstić information content (AvgIpc) is 3.16. The predicted molar refractivity (Wildman–Crippen MR) is 87.6 cm³/mol. The Hall–Kier alpha value is -1.18. The zero-order valence-corrected chi connectivity index (χ0v) is 14.5. The van der Waals surface area contributed by atoms with Gasteiger partial charge in [-0.15, -0.1) is 11.3 Å². The first kappa shape index (κ1) is 15.7. The maximum atomic E-state index is 12.8. The van der Waals surface area contributed by atoms with E-state index in [0.29, 0.717) is 17.3 Å². The summed E-state index contributed by atoms with van der Waals surface area (Å²) in [6, 6.07) is 5.64. The van der Waals surface area contributed by atoms with E-state index in [0.717, 1.165) is 29.8 Å². The number of nitrogens with zero attached hydrogens (tertiary/aromatic N) is 3. The molecule has 1 fully saturated rings. The molecule has 0 radical (unpaired) electrons. The molecule has 0 aromatic carbocycles. The van der Waals surface area contributed by atoms with Gasteiger partial charge >= 0.3 is 0 Å². The lowest BCUT2D eigenvalue weighted by Gasteiger charge is -2.30. The van der Waals surface area contributed by atoms with Crippen molar-refractivity contribution in [3.63, 3.8) is 0 Å². The third-order valence-corrected chi connectivity index (χ3v) is 7.68. The summed E-state index contributed by atoms with van der Waals surface area (Å²) >= 11 is 1.39. The summed E-state index contributed by atoms with van der Waals surface area (Å²) in [5, 5.41) is 4.44. The van der Waals surface area contributed by atoms with Gasteiger partial charge in [0.05, 0.1) is 5.69 Å². The van der Waals surface area contributed by atoms with Crippen molar-refractivity contribution in [1.29, 1.82) is 0 Å². The second-order valence-corrected chi connectivity index (χ2v) is 9.02. The summed E-state index contributed by atoms with van der Waals surface area (Å²) in [5.41, 5.74) is 0.989. The van der Waals surface area contributed by atoms with Gasteiger partial charge < -0.3 is 0 Å². The highest BCUT2D eigenvalue weighted by Gasteiger charge is 2.32. The standard InChI is InChI=1S/C15H21N3O2S2/c1-3-13-6-7-15(21-13)22(19,20)18-9-4-5-12(11-18)14-8-10-17(2)16-14/h6-8,10,12H,3-5,9,11H2,1-2H3. The van der Waals surface area contributed by atoms with E-state index in [1.165, 1.54) is 11.3 Å². The molecule has 2 aromatic rings. The quantitative estimate of drug-likeness (QED) is 0.860. The molecule has 3 heterocycles. The molecule has 5 nitrogen and oxygen atoms in total. The average molecular weight is 339 g/mol. The van der Waals surface area contributed by atoms with E-state index in [1.54, 1.807) is 15.1 Å². The third kappa shape index (κ3) is 2.98. The zero-order valence-electron chi connectivity index (χ0n) is 12.9. The van der Waals surface area contributed by atoms with Crippen LogP contribution >= 0.6 is 11.3 Å². The largest absolute Gasteiger partial charge is 0.276 e. The molecule has 7 heteroatoms. The lowest BCUT2D eigenvalue weighted by atomic mass is 9.96. The van der Waals surface area contributed by atoms with Crippen molar-refractivity contribution >= 4 is 21.4 Å². The maximum Gasteiger partial charge on any atom is 0.252 e. The van der Waals surface area contributed by atoms with Crippen molar-refractivity contribution in [2.24, 2.45) is 7.05 Å². The molecular weight excluding hydrogens is 318 g/mol. The van der Waals surface area contributed by atoms with Crippen LogP contribution in [0.1, 0.15) is 36.3 Å². The smallest absolute Gasteiger partial charge is 0.252 e. The zero-order chi connectivity index (χ0) is 15.7. The molecule has 0 bridgehead atoms. The maximum absolute atomic E-state index is 12.8. The van der Waals surface area contributed by atoms with Gasteiger partial charge in [-0.2, -0.15) is 9.40 Å². The molecule has 3 rings (SSSR count). The highest BCUT2D eigenvalue weighted by molar-refractivity contribution is 7.91. The molecule has 0 saturated carbocycles. The fourth-order valence-corrected chi connectivity index (χ4v) is 5.84. The molecule has 0 amide bonds. The van der Waals surface area contributed by atoms with Crippen molar-refractivity contribution in [2.75, 3.05) is 13.1 Å². The Morgan fingerprint density at radius 2 is 2.18 bits per heavy atom. The summed E-state index contributed by atoms with van der Waals surface area (Å²) < 4.78 is 29.5. The van der Waals surface area contributed by atoms with Crippen LogP contribution in [0.3, 0.4) is 0 Å². The van der Waals surface area contributed by atoms with Gasteiger partial charge in [0.2, 0.25) is 0 Å². The molecule has 22 heavy (non-hydrogen) atoms. The highest BCUT2D eigenvalue weighted by Crippen LogP contribution is 2.31. The van der Waals surface area contributed by atoms with Gasteiger partial charge in [0.15, 0.2) is 0 Å². The second kappa shape index (κ2) is 6.14. The Kier molecular flexibility index (Phi) is 4.38. The highest BCUT2D eigenvalue weighted by atomic mass is 32.2. The van der Waals surface area contributed by atoms with Crippen LogP contribution in [0.25, 0.3) is 0 Å². The van der Waals surface area contributed by atoms with Crippen LogP contribution in [-0.2, 0) is 23.5 Å². The fourth-order valence-electron chi connectivity index (χ4n) is 2.87. The van der Waals surface area contributed by atoms with Gasteiger partial charge in [0.1, 0.15) is 4.21 Å². The van der Waals surface area contributed by atoms with Crippen molar-refractivity contribution in [1.82, 2.24) is 14.1 Å². The van der Waals surface area contributed by atoms with E-state index in [2.05, 4.69) is 5.10 Å². The van der Waals surface area contributed by atoms with Gasteiger partial charge in [0, 0.05) is 37.1 Å². The molecule has 1 aliphatic rings. The Balaban J connectivity index is 1.81. The van der Waals surface area contributed by atoms with Gasteiger partial charge in [-0.1, -0.05) is 6.92 Å². The molecule has 0 aliphatic carbocycles. The molecule has 1 unspecified atom stereocenters. The first-order valence-corrected chi connectivity index (χ1v) is 9.84. The molecule has 1 saturated heterocycles. The molecule has 0 spiro atoms. The van der Waals surface area contributed by atoms with Gasteiger partial charge in [-0.25, -0.2) is 8.42 Å². The Labute approximate surface area is 135 Å². The third-order valence-electron chi connectivity index (χ3n) is 4.12. The van der Waals surface area contributed by atoms with Crippen LogP contribution in [0.4, 0.5) is 0 Å². The molecule has 1 aliphatic heterocycles. The van der Waals surface area contributed by atoms with Gasteiger partial charge in [-0.3, -0.25) is 4.68 Å². The molecular formula is C15H21N3O2S2. The number of aromatic nitrogens is 2. The van der Waals surface area contributed by atoms with Crippen LogP contribution in [0.5, 0.6) is 0 Å². The summed E-state index contributed by atoms with van der Waals surface area (Å²) in [6.45, 7) is 3.17. The lowest BCUT2D eigenvalue weighted by Crippen LogP contribution is -2.38. The van der Waals surface area contributed by atoms with E-state index >= 15 is 0 Å². The monoisotopic (exact) mass is 339 g/mol. The van der Waals surface area contributed by atoms with Crippen LogP contribution in [-0.4, -0.2) is 35.6 Å². The Bertz CT molecular complexity index is 748. The predicted octanol–water partition coefficient (Wildman–Crippen LogP) is 2.61. The summed E-state index contributed by atoms with van der Waals surface area (Å²) in [5.74, 6) is 0.190. The fraction of sp³-hybridized carbons (Fsp3) is 0.533. The Morgan fingerprint density at radius 3 is 2.82 bits per heavy atom. The lowest BCUT2D eigenvalue weighted by molar-refractivity contribution is 0.312. The van der Waals surface area contributed by atoms with Crippen LogP contribution in [0, 0.1) is 0 Å². The molecule has 2 aromatic heterocycles. The molecule has 1 atom stereocenters. The van der Waals surface area contributed by atoms with E-state index in [1.807, 2.05) is 32.3 Å². The van der Waals surface area contributed by atoms with Crippen molar-refractivity contribution < 1.29 is 8.42 Å². The number of hydrogen-bond donors (Lipinski definition) is 0. The minimum atomic E-state index is -3.37. The van der Waals surface area contributed by atoms with Crippen LogP contribution in [0.2, 0.25) is 0 Å². The number of sulfonamides is 1. The Morgan fingerprint density at radius 1 is 1.36 bits per heavy atom. The van der Waals surface area contributed by atoms with E-state index in [9.17, 15) is 8.42 Å². The number of aryl methyl sites for hydroxylation is 2.